The van der Waals surface area contributed by atoms with Crippen molar-refractivity contribution in [1.29, 1.82) is 0 Å². The minimum atomic E-state index is -0.0741. The summed E-state index contributed by atoms with van der Waals surface area (Å²) in [6, 6.07) is 7.78. The summed E-state index contributed by atoms with van der Waals surface area (Å²) in [6.45, 7) is 6.94. The van der Waals surface area contributed by atoms with E-state index in [1.165, 1.54) is 19.4 Å². The van der Waals surface area contributed by atoms with Crippen LogP contribution in [0.3, 0.4) is 0 Å². The normalized spacial score (nSPS) is 12.7. The summed E-state index contributed by atoms with van der Waals surface area (Å²) in [4.78, 5) is 22.1. The van der Waals surface area contributed by atoms with Crippen LogP contribution in [0.25, 0.3) is 0 Å². The van der Waals surface area contributed by atoms with E-state index in [9.17, 15) is 9.59 Å². The Labute approximate surface area is 175 Å². The highest BCUT2D eigenvalue weighted by Gasteiger charge is 2.04. The third-order valence-electron chi connectivity index (χ3n) is 3.39. The Kier molecular flexibility index (Phi) is 11.1. The van der Waals surface area contributed by atoms with Crippen LogP contribution >= 0.6 is 35.7 Å². The molecule has 0 saturated carbocycles. The fraction of sp³-hybridized carbons (Fsp3) is 0.350. The first-order valence-corrected chi connectivity index (χ1v) is 10.9. The minimum Gasteiger partial charge on any atom is -0.350 e. The van der Waals surface area contributed by atoms with Gasteiger partial charge in [-0.05, 0) is 37.1 Å². The van der Waals surface area contributed by atoms with Crippen LogP contribution in [0.1, 0.15) is 33.3 Å². The Morgan fingerprint density at radius 2 is 1.81 bits per heavy atom. The van der Waals surface area contributed by atoms with E-state index in [1.54, 1.807) is 23.5 Å². The third-order valence-corrected chi connectivity index (χ3v) is 6.23. The molecule has 2 amide bonds. The van der Waals surface area contributed by atoms with Gasteiger partial charge >= 0.3 is 0 Å². The largest absolute Gasteiger partial charge is 0.350 e. The van der Waals surface area contributed by atoms with E-state index < -0.39 is 0 Å². The van der Waals surface area contributed by atoms with E-state index >= 15 is 0 Å². The van der Waals surface area contributed by atoms with Crippen molar-refractivity contribution in [3.05, 3.63) is 53.6 Å². The van der Waals surface area contributed by atoms with Crippen LogP contribution in [0.2, 0.25) is 0 Å². The maximum atomic E-state index is 11.0. The van der Waals surface area contributed by atoms with Gasteiger partial charge in [-0.15, -0.1) is 23.5 Å². The fourth-order valence-corrected chi connectivity index (χ4v) is 4.14. The second kappa shape index (κ2) is 12.8. The van der Waals surface area contributed by atoms with E-state index in [4.69, 9.17) is 12.2 Å². The molecule has 0 aromatic heterocycles. The number of hydrogen-bond donors (Lipinski definition) is 2. The highest BCUT2D eigenvalue weighted by Crippen LogP contribution is 2.24. The van der Waals surface area contributed by atoms with Crippen molar-refractivity contribution in [2.75, 3.05) is 11.1 Å². The number of thioether (sulfide) groups is 2. The van der Waals surface area contributed by atoms with E-state index in [-0.39, 0.29) is 17.9 Å². The summed E-state index contributed by atoms with van der Waals surface area (Å²) < 4.78 is 0.892. The number of amides is 2. The number of carbonyl (C=O) groups excluding carboxylic acids is 2. The molecular weight excluding hydrogens is 396 g/mol. The molecule has 2 N–H and O–H groups in total. The molecular formula is C20H26N2O2S3. The number of hydrogen-bond acceptors (Lipinski definition) is 5. The zero-order valence-electron chi connectivity index (χ0n) is 16.1. The number of anilines is 1. The van der Waals surface area contributed by atoms with Gasteiger partial charge in [0.05, 0.1) is 0 Å². The number of thiocarbonyl (C=S) groups is 1. The number of rotatable bonds is 8. The lowest BCUT2D eigenvalue weighted by molar-refractivity contribution is -0.119. The molecule has 1 unspecified atom stereocenters. The van der Waals surface area contributed by atoms with Gasteiger partial charge in [-0.2, -0.15) is 0 Å². The van der Waals surface area contributed by atoms with Crippen molar-refractivity contribution >= 4 is 56.8 Å². The van der Waals surface area contributed by atoms with Gasteiger partial charge in [0.15, 0.2) is 0 Å². The molecule has 0 spiro atoms. The molecule has 0 heterocycles. The molecule has 1 rings (SSSR count). The van der Waals surface area contributed by atoms with Crippen LogP contribution in [0.4, 0.5) is 5.69 Å². The second-order valence-corrected chi connectivity index (χ2v) is 9.07. The molecule has 0 bridgehead atoms. The molecule has 4 nitrogen and oxygen atoms in total. The van der Waals surface area contributed by atoms with Gasteiger partial charge in [-0.3, -0.25) is 9.59 Å². The summed E-state index contributed by atoms with van der Waals surface area (Å²) in [5.74, 6) is 1.49. The first kappa shape index (κ1) is 23.5. The van der Waals surface area contributed by atoms with Crippen LogP contribution in [-0.2, 0) is 15.3 Å². The highest BCUT2D eigenvalue weighted by atomic mass is 32.2. The Morgan fingerprint density at radius 1 is 1.15 bits per heavy atom. The lowest BCUT2D eigenvalue weighted by atomic mass is 10.2. The monoisotopic (exact) mass is 422 g/mol. The summed E-state index contributed by atoms with van der Waals surface area (Å²) >= 11 is 8.73. The molecule has 7 heteroatoms. The predicted molar refractivity (Wildman–Crippen MR) is 123 cm³/mol. The Hall–Kier alpha value is -1.57. The second-order valence-electron chi connectivity index (χ2n) is 5.92. The van der Waals surface area contributed by atoms with Crippen molar-refractivity contribution in [2.24, 2.45) is 0 Å². The van der Waals surface area contributed by atoms with Crippen molar-refractivity contribution < 1.29 is 9.59 Å². The van der Waals surface area contributed by atoms with Crippen molar-refractivity contribution in [3.8, 4) is 0 Å². The molecule has 0 aliphatic heterocycles. The lowest BCUT2D eigenvalue weighted by Gasteiger charge is -2.08. The van der Waals surface area contributed by atoms with Crippen molar-refractivity contribution in [3.63, 3.8) is 0 Å². The van der Waals surface area contributed by atoms with Crippen LogP contribution in [-0.4, -0.2) is 27.1 Å². The zero-order valence-corrected chi connectivity index (χ0v) is 18.5. The molecule has 0 aliphatic carbocycles. The first-order chi connectivity index (χ1) is 12.8. The Bertz CT molecular complexity index is 712. The quantitative estimate of drug-likeness (QED) is 0.460. The van der Waals surface area contributed by atoms with Gasteiger partial charge in [0.1, 0.15) is 3.53 Å². The molecule has 1 atom stereocenters. The molecule has 0 aliphatic rings. The van der Waals surface area contributed by atoms with Crippen molar-refractivity contribution in [1.82, 2.24) is 5.32 Å². The van der Waals surface area contributed by atoms with E-state index in [2.05, 4.69) is 16.7 Å². The molecule has 0 radical (unpaired) electrons. The molecule has 1 aromatic rings. The number of allylic oxidation sites excluding steroid dienone is 2. The number of benzene rings is 1. The molecule has 27 heavy (non-hydrogen) atoms. The fourth-order valence-electron chi connectivity index (χ4n) is 2.08. The van der Waals surface area contributed by atoms with Crippen molar-refractivity contribution in [2.45, 2.75) is 39.5 Å². The summed E-state index contributed by atoms with van der Waals surface area (Å²) in [7, 11) is 0. The van der Waals surface area contributed by atoms with Gasteiger partial charge in [0, 0.05) is 37.1 Å². The van der Waals surface area contributed by atoms with E-state index in [0.717, 1.165) is 26.3 Å². The third kappa shape index (κ3) is 11.0. The standard InChI is InChI=1S/C20H26N2O2S3/c1-5-17(7-6-14(2)21-15(3)23)12-26-20(25)27-13-18-8-10-19(11-9-18)22-16(4)24/h5-11,14H,12-13H2,1-4H3,(H,21,23)(H,22,24)/b7-6-,17-5+. The molecule has 1 aromatic carbocycles. The highest BCUT2D eigenvalue weighted by molar-refractivity contribution is 8.47. The summed E-state index contributed by atoms with van der Waals surface area (Å²) in [5, 5.41) is 5.58. The van der Waals surface area contributed by atoms with Gasteiger partial charge in [-0.1, -0.05) is 42.6 Å². The maximum Gasteiger partial charge on any atom is 0.221 e. The average Bonchev–Trinajstić information content (AvgIpc) is 2.60. The first-order valence-electron chi connectivity index (χ1n) is 8.56. The van der Waals surface area contributed by atoms with Gasteiger partial charge < -0.3 is 10.6 Å². The summed E-state index contributed by atoms with van der Waals surface area (Å²) in [6.07, 6.45) is 6.06. The average molecular weight is 423 g/mol. The molecule has 0 saturated heterocycles. The maximum absolute atomic E-state index is 11.0. The van der Waals surface area contributed by atoms with Crippen LogP contribution in [0, 0.1) is 0 Å². The molecule has 146 valence electrons. The van der Waals surface area contributed by atoms with E-state index in [1.807, 2.05) is 50.3 Å². The number of nitrogens with one attached hydrogen (secondary N) is 2. The number of carbonyl (C=O) groups is 2. The minimum absolute atomic E-state index is 0.00393. The Morgan fingerprint density at radius 3 is 2.37 bits per heavy atom. The van der Waals surface area contributed by atoms with Crippen LogP contribution in [0.15, 0.2) is 48.1 Å². The van der Waals surface area contributed by atoms with Crippen LogP contribution in [0.5, 0.6) is 0 Å². The SMILES string of the molecule is C/C=C(\C=C/C(C)NC(C)=O)CSC(=S)SCc1ccc(NC(C)=O)cc1. The topological polar surface area (TPSA) is 58.2 Å². The predicted octanol–water partition coefficient (Wildman–Crippen LogP) is 4.92. The summed E-state index contributed by atoms with van der Waals surface area (Å²) in [5.41, 5.74) is 3.12. The smallest absolute Gasteiger partial charge is 0.221 e. The van der Waals surface area contributed by atoms with E-state index in [0.29, 0.717) is 0 Å². The van der Waals surface area contributed by atoms with Gasteiger partial charge in [0.25, 0.3) is 0 Å². The molecule has 0 fully saturated rings. The van der Waals surface area contributed by atoms with Gasteiger partial charge in [-0.25, -0.2) is 0 Å². The van der Waals surface area contributed by atoms with Gasteiger partial charge in [0.2, 0.25) is 11.8 Å². The lowest BCUT2D eigenvalue weighted by Crippen LogP contribution is -2.28. The zero-order chi connectivity index (χ0) is 20.2. The Balaban J connectivity index is 2.40. The van der Waals surface area contributed by atoms with Crippen LogP contribution < -0.4 is 10.6 Å².